The molecule has 0 bridgehead atoms. The van der Waals surface area contributed by atoms with Gasteiger partial charge >= 0.3 is 12.1 Å². The Morgan fingerprint density at radius 1 is 1.50 bits per heavy atom. The van der Waals surface area contributed by atoms with Gasteiger partial charge in [0, 0.05) is 0 Å². The fourth-order valence-electron chi connectivity index (χ4n) is 0.176. The number of alkyl halides is 3. The van der Waals surface area contributed by atoms with Crippen molar-refractivity contribution in [1.29, 1.82) is 0 Å². The quantitative estimate of drug-likeness (QED) is 0.658. The van der Waals surface area contributed by atoms with Gasteiger partial charge in [-0.15, -0.1) is 0 Å². The minimum atomic E-state index is -5.08. The zero-order valence-electron chi connectivity index (χ0n) is 5.58. The highest BCUT2D eigenvalue weighted by Gasteiger charge is 2.38. The van der Waals surface area contributed by atoms with E-state index in [4.69, 9.17) is 9.90 Å². The molecular weight excluding hydrogens is 179 g/mol. The maximum atomic E-state index is 10.6. The van der Waals surface area contributed by atoms with E-state index in [0.29, 0.717) is 0 Å². The molecular formula is C5H4F3NO3. The minimum Gasteiger partial charge on any atom is -0.475 e. The Labute approximate surface area is 64.6 Å². The van der Waals surface area contributed by atoms with Gasteiger partial charge in [0.2, 0.25) is 0 Å². The van der Waals surface area contributed by atoms with E-state index in [-0.39, 0.29) is 0 Å². The first-order valence-corrected chi connectivity index (χ1v) is 2.57. The van der Waals surface area contributed by atoms with E-state index in [9.17, 15) is 13.2 Å². The van der Waals surface area contributed by atoms with Crippen molar-refractivity contribution in [1.82, 2.24) is 4.98 Å². The van der Waals surface area contributed by atoms with Crippen molar-refractivity contribution in [3.8, 4) is 0 Å². The van der Waals surface area contributed by atoms with Crippen LogP contribution in [-0.2, 0) is 4.79 Å². The third-order valence-corrected chi connectivity index (χ3v) is 0.590. The predicted octanol–water partition coefficient (Wildman–Crippen LogP) is 1.31. The topological polar surface area (TPSA) is 63.3 Å². The van der Waals surface area contributed by atoms with Crippen LogP contribution in [0.3, 0.4) is 0 Å². The molecule has 0 unspecified atom stereocenters. The highest BCUT2D eigenvalue weighted by Crippen LogP contribution is 2.13. The van der Waals surface area contributed by atoms with Crippen molar-refractivity contribution in [2.45, 2.75) is 6.18 Å². The molecule has 12 heavy (non-hydrogen) atoms. The average Bonchev–Trinajstić information content (AvgIpc) is 2.39. The van der Waals surface area contributed by atoms with Crippen LogP contribution in [0.4, 0.5) is 13.2 Å². The number of aliphatic carboxylic acids is 1. The first kappa shape index (κ1) is 10.5. The van der Waals surface area contributed by atoms with Gasteiger partial charge in [0.25, 0.3) is 0 Å². The molecule has 1 aromatic rings. The molecule has 0 aromatic carbocycles. The smallest absolute Gasteiger partial charge is 0.475 e. The zero-order valence-corrected chi connectivity index (χ0v) is 5.58. The zero-order chi connectivity index (χ0) is 9.61. The number of oxazole rings is 1. The van der Waals surface area contributed by atoms with E-state index < -0.39 is 12.1 Å². The molecule has 68 valence electrons. The molecule has 0 radical (unpaired) electrons. The summed E-state index contributed by atoms with van der Waals surface area (Å²) in [6.45, 7) is 0. The molecule has 0 aliphatic heterocycles. The van der Waals surface area contributed by atoms with Gasteiger partial charge in [-0.2, -0.15) is 13.2 Å². The van der Waals surface area contributed by atoms with Crippen molar-refractivity contribution in [3.63, 3.8) is 0 Å². The third kappa shape index (κ3) is 5.27. The summed E-state index contributed by atoms with van der Waals surface area (Å²) in [5, 5.41) is 7.12. The van der Waals surface area contributed by atoms with Gasteiger partial charge in [-0.25, -0.2) is 9.78 Å². The molecule has 0 atom stereocenters. The molecule has 1 N–H and O–H groups in total. The Balaban J connectivity index is 0.000000211. The number of rotatable bonds is 0. The molecule has 4 nitrogen and oxygen atoms in total. The van der Waals surface area contributed by atoms with Gasteiger partial charge in [-0.05, 0) is 0 Å². The van der Waals surface area contributed by atoms with E-state index in [0.717, 1.165) is 0 Å². The standard InChI is InChI=1S/C3H3NO.C2HF3O2/c1-2-5-3-4-1;3-2(4,5)1(6)7/h1-3H;(H,6,7). The summed E-state index contributed by atoms with van der Waals surface area (Å²) in [6.07, 6.45) is -0.611. The molecule has 0 fully saturated rings. The number of hydrogen-bond acceptors (Lipinski definition) is 3. The Bertz CT molecular complexity index is 201. The highest BCUT2D eigenvalue weighted by atomic mass is 19.4. The number of hydrogen-bond donors (Lipinski definition) is 1. The molecule has 0 amide bonds. The second kappa shape index (κ2) is 4.37. The molecule has 1 rings (SSSR count). The first-order valence-electron chi connectivity index (χ1n) is 2.57. The van der Waals surface area contributed by atoms with Crippen LogP contribution in [-0.4, -0.2) is 22.2 Å². The van der Waals surface area contributed by atoms with Gasteiger partial charge < -0.3 is 9.52 Å². The summed E-state index contributed by atoms with van der Waals surface area (Å²) in [7, 11) is 0. The van der Waals surface area contributed by atoms with E-state index in [1.54, 1.807) is 6.20 Å². The summed E-state index contributed by atoms with van der Waals surface area (Å²) in [5.74, 6) is -2.76. The number of aromatic nitrogens is 1. The lowest BCUT2D eigenvalue weighted by Crippen LogP contribution is -2.21. The summed E-state index contributed by atoms with van der Waals surface area (Å²) in [5.41, 5.74) is 0. The van der Waals surface area contributed by atoms with Gasteiger partial charge in [0.1, 0.15) is 6.26 Å². The molecule has 1 aromatic heterocycles. The van der Waals surface area contributed by atoms with Gasteiger partial charge in [-0.3, -0.25) is 0 Å². The predicted molar refractivity (Wildman–Crippen MR) is 30.2 cm³/mol. The molecule has 0 aliphatic rings. The normalized spacial score (nSPS) is 9.92. The molecule has 0 aliphatic carbocycles. The van der Waals surface area contributed by atoms with E-state index >= 15 is 0 Å². The van der Waals surface area contributed by atoms with Crippen LogP contribution in [0.25, 0.3) is 0 Å². The van der Waals surface area contributed by atoms with Crippen molar-refractivity contribution < 1.29 is 27.5 Å². The number of carboxylic acids is 1. The summed E-state index contributed by atoms with van der Waals surface area (Å²) in [4.78, 5) is 12.5. The van der Waals surface area contributed by atoms with Gasteiger partial charge in [-0.1, -0.05) is 0 Å². The Hall–Kier alpha value is -1.53. The number of halogens is 3. The molecule has 0 spiro atoms. The van der Waals surface area contributed by atoms with Crippen LogP contribution >= 0.6 is 0 Å². The number of carboxylic acid groups (broad SMARTS) is 1. The average molecular weight is 183 g/mol. The molecule has 0 saturated heterocycles. The lowest BCUT2D eigenvalue weighted by molar-refractivity contribution is -0.192. The Kier molecular flexibility index (Phi) is 3.81. The second-order valence-electron chi connectivity index (χ2n) is 1.48. The van der Waals surface area contributed by atoms with Crippen LogP contribution in [0.1, 0.15) is 0 Å². The molecule has 1 heterocycles. The fraction of sp³-hybridized carbons (Fsp3) is 0.200. The SMILES string of the molecule is O=C(O)C(F)(F)F.c1cocn1. The maximum Gasteiger partial charge on any atom is 0.490 e. The van der Waals surface area contributed by atoms with E-state index in [1.807, 2.05) is 0 Å². The van der Waals surface area contributed by atoms with E-state index in [2.05, 4.69) is 9.40 Å². The summed E-state index contributed by atoms with van der Waals surface area (Å²) < 4.78 is 36.2. The second-order valence-corrected chi connectivity index (χ2v) is 1.48. The molecule has 0 saturated carbocycles. The lowest BCUT2D eigenvalue weighted by Gasteiger charge is -1.93. The Morgan fingerprint density at radius 2 is 2.00 bits per heavy atom. The lowest BCUT2D eigenvalue weighted by atomic mass is 10.7. The summed E-state index contributed by atoms with van der Waals surface area (Å²) in [6, 6.07) is 0. The monoisotopic (exact) mass is 183 g/mol. The minimum absolute atomic E-state index is 1.38. The van der Waals surface area contributed by atoms with Crippen LogP contribution in [0, 0.1) is 0 Å². The van der Waals surface area contributed by atoms with Crippen LogP contribution in [0.2, 0.25) is 0 Å². The van der Waals surface area contributed by atoms with Gasteiger partial charge in [0.15, 0.2) is 6.39 Å². The largest absolute Gasteiger partial charge is 0.490 e. The number of carbonyl (C=O) groups is 1. The molecule has 7 heteroatoms. The summed E-state index contributed by atoms with van der Waals surface area (Å²) >= 11 is 0. The fourth-order valence-corrected chi connectivity index (χ4v) is 0.176. The number of nitrogens with zero attached hydrogens (tertiary/aromatic N) is 1. The van der Waals surface area contributed by atoms with E-state index in [1.165, 1.54) is 12.7 Å². The van der Waals surface area contributed by atoms with Crippen LogP contribution in [0.5, 0.6) is 0 Å². The van der Waals surface area contributed by atoms with Crippen LogP contribution < -0.4 is 0 Å². The van der Waals surface area contributed by atoms with Crippen molar-refractivity contribution in [2.24, 2.45) is 0 Å². The van der Waals surface area contributed by atoms with Crippen LogP contribution in [0.15, 0.2) is 23.3 Å². The van der Waals surface area contributed by atoms with Crippen molar-refractivity contribution in [3.05, 3.63) is 18.9 Å². The highest BCUT2D eigenvalue weighted by molar-refractivity contribution is 5.73. The Morgan fingerprint density at radius 3 is 2.08 bits per heavy atom. The third-order valence-electron chi connectivity index (χ3n) is 0.590. The van der Waals surface area contributed by atoms with Crippen molar-refractivity contribution >= 4 is 5.97 Å². The van der Waals surface area contributed by atoms with Gasteiger partial charge in [0.05, 0.1) is 6.20 Å². The van der Waals surface area contributed by atoms with Crippen molar-refractivity contribution in [2.75, 3.05) is 0 Å². The first-order chi connectivity index (χ1) is 5.44. The maximum absolute atomic E-state index is 10.6.